The third-order valence-electron chi connectivity index (χ3n) is 7.34. The minimum atomic E-state index is -0.252. The summed E-state index contributed by atoms with van der Waals surface area (Å²) < 4.78 is 0. The largest absolute Gasteiger partial charge is 0.394 e. The molecule has 1 N–H and O–H groups in total. The Bertz CT molecular complexity index is 1070. The topological polar surface area (TPSA) is 73.7 Å². The lowest BCUT2D eigenvalue weighted by Crippen LogP contribution is -2.73. The molecule has 0 spiro atoms. The molecular weight excluding hydrogens is 414 g/mol. The second-order valence-electron chi connectivity index (χ2n) is 9.35. The Morgan fingerprint density at radius 2 is 1.94 bits per heavy atom. The Hall–Kier alpha value is -3.17. The molecule has 1 aliphatic carbocycles. The molecule has 33 heavy (non-hydrogen) atoms. The van der Waals surface area contributed by atoms with Crippen LogP contribution >= 0.6 is 0 Å². The van der Waals surface area contributed by atoms with Crippen molar-refractivity contribution in [2.45, 2.75) is 50.1 Å². The first-order valence-corrected chi connectivity index (χ1v) is 11.9. The smallest absolute Gasteiger partial charge is 0.255 e. The molecule has 3 heterocycles. The highest BCUT2D eigenvalue weighted by Crippen LogP contribution is 2.43. The molecule has 6 nitrogen and oxygen atoms in total. The van der Waals surface area contributed by atoms with Crippen LogP contribution in [-0.2, 0) is 4.79 Å². The fourth-order valence-electron chi connectivity index (χ4n) is 5.63. The van der Waals surface area contributed by atoms with Gasteiger partial charge < -0.3 is 14.9 Å². The zero-order valence-corrected chi connectivity index (χ0v) is 18.7. The van der Waals surface area contributed by atoms with Crippen molar-refractivity contribution in [1.29, 1.82) is 0 Å². The number of nitrogens with zero attached hydrogens (tertiary/aromatic N) is 3. The van der Waals surface area contributed by atoms with Gasteiger partial charge in [-0.1, -0.05) is 36.8 Å². The predicted molar refractivity (Wildman–Crippen MR) is 124 cm³/mol. The quantitative estimate of drug-likeness (QED) is 0.738. The highest BCUT2D eigenvalue weighted by Gasteiger charge is 2.54. The molecule has 0 unspecified atom stereocenters. The molecule has 0 radical (unpaired) electrons. The van der Waals surface area contributed by atoms with Crippen molar-refractivity contribution in [3.8, 4) is 11.8 Å². The number of amides is 2. The number of carbonyl (C=O) groups excluding carboxylic acids is 2. The number of benzene rings is 1. The summed E-state index contributed by atoms with van der Waals surface area (Å²) in [5.41, 5.74) is 2.54. The van der Waals surface area contributed by atoms with Crippen molar-refractivity contribution in [2.24, 2.45) is 5.92 Å². The lowest BCUT2D eigenvalue weighted by atomic mass is 9.73. The molecule has 6 heteroatoms. The summed E-state index contributed by atoms with van der Waals surface area (Å²) in [6, 6.07) is 11.2. The van der Waals surface area contributed by atoms with Crippen LogP contribution in [0.5, 0.6) is 0 Å². The van der Waals surface area contributed by atoms with Crippen molar-refractivity contribution >= 4 is 11.8 Å². The molecule has 1 saturated carbocycles. The normalized spacial score (nSPS) is 24.6. The van der Waals surface area contributed by atoms with Crippen LogP contribution in [0.2, 0.25) is 0 Å². The van der Waals surface area contributed by atoms with Crippen molar-refractivity contribution in [3.05, 3.63) is 65.5 Å². The maximum atomic E-state index is 12.9. The van der Waals surface area contributed by atoms with Gasteiger partial charge in [0.1, 0.15) is 6.54 Å². The number of aromatic nitrogens is 1. The highest BCUT2D eigenvalue weighted by molar-refractivity contribution is 5.97. The number of pyridine rings is 1. The summed E-state index contributed by atoms with van der Waals surface area (Å²) in [4.78, 5) is 33.1. The summed E-state index contributed by atoms with van der Waals surface area (Å²) in [6.45, 7) is 0.388. The SMILES string of the molecule is O=C(c1cccnc1)N1CC(=O)N2[C@H](CO)[C@@H](c3ccc(C#CCC4CCCC4)cc3)[C@H]2C1. The molecular formula is C27H29N3O3. The van der Waals surface area contributed by atoms with E-state index < -0.39 is 0 Å². The van der Waals surface area contributed by atoms with E-state index in [9.17, 15) is 14.7 Å². The number of rotatable bonds is 4. The van der Waals surface area contributed by atoms with Crippen LogP contribution in [0, 0.1) is 17.8 Å². The Morgan fingerprint density at radius 1 is 1.15 bits per heavy atom. The van der Waals surface area contributed by atoms with Gasteiger partial charge in [-0.25, -0.2) is 0 Å². The number of hydrogen-bond acceptors (Lipinski definition) is 4. The lowest BCUT2D eigenvalue weighted by molar-refractivity contribution is -0.159. The standard InChI is InChI=1S/C27H29N3O3/c31-18-24-26(21-12-10-20(11-13-21)8-3-7-19-5-1-2-6-19)23-16-29(17-25(32)30(23)24)27(33)22-9-4-14-28-15-22/h4,9-15,19,23-24,26,31H,1-2,5-7,16-18H2/t23-,24-,26+/m1/s1. The molecule has 1 aromatic heterocycles. The monoisotopic (exact) mass is 443 g/mol. The molecule has 3 aliphatic rings. The summed E-state index contributed by atoms with van der Waals surface area (Å²) >= 11 is 0. The fraction of sp³-hybridized carbons (Fsp3) is 0.444. The van der Waals surface area contributed by atoms with Crippen molar-refractivity contribution < 1.29 is 14.7 Å². The summed E-state index contributed by atoms with van der Waals surface area (Å²) in [6.07, 6.45) is 9.39. The third kappa shape index (κ3) is 4.26. The van der Waals surface area contributed by atoms with Crippen LogP contribution in [0.4, 0.5) is 0 Å². The Morgan fingerprint density at radius 3 is 2.64 bits per heavy atom. The molecule has 2 saturated heterocycles. The average molecular weight is 444 g/mol. The van der Waals surface area contributed by atoms with E-state index in [0.717, 1.165) is 23.5 Å². The Labute approximate surface area is 194 Å². The van der Waals surface area contributed by atoms with Gasteiger partial charge in [0, 0.05) is 36.8 Å². The number of fused-ring (bicyclic) bond motifs is 1. The predicted octanol–water partition coefficient (Wildman–Crippen LogP) is 2.82. The Kier molecular flexibility index (Phi) is 6.15. The van der Waals surface area contributed by atoms with Gasteiger partial charge in [0.15, 0.2) is 0 Å². The molecule has 3 fully saturated rings. The van der Waals surface area contributed by atoms with Crippen molar-refractivity contribution in [1.82, 2.24) is 14.8 Å². The van der Waals surface area contributed by atoms with Gasteiger partial charge in [-0.3, -0.25) is 14.6 Å². The van der Waals surface area contributed by atoms with E-state index in [0.29, 0.717) is 12.1 Å². The fourth-order valence-corrected chi connectivity index (χ4v) is 5.63. The third-order valence-corrected chi connectivity index (χ3v) is 7.34. The Balaban J connectivity index is 1.30. The maximum absolute atomic E-state index is 12.9. The van der Waals surface area contributed by atoms with Crippen LogP contribution in [0.1, 0.15) is 59.5 Å². The number of piperazine rings is 1. The zero-order valence-electron chi connectivity index (χ0n) is 18.7. The molecule has 3 atom stereocenters. The summed E-state index contributed by atoms with van der Waals surface area (Å²) in [5.74, 6) is 7.05. The van der Waals surface area contributed by atoms with Gasteiger partial charge in [-0.2, -0.15) is 0 Å². The van der Waals surface area contributed by atoms with Gasteiger partial charge in [0.25, 0.3) is 5.91 Å². The first-order chi connectivity index (χ1) is 16.2. The second-order valence-corrected chi connectivity index (χ2v) is 9.35. The average Bonchev–Trinajstić information content (AvgIpc) is 3.35. The number of aliphatic hydroxyl groups excluding tert-OH is 1. The highest BCUT2D eigenvalue weighted by atomic mass is 16.3. The van der Waals surface area contributed by atoms with E-state index in [1.807, 2.05) is 12.1 Å². The number of hydrogen-bond donors (Lipinski definition) is 1. The van der Waals surface area contributed by atoms with Gasteiger partial charge in [-0.15, -0.1) is 0 Å². The van der Waals surface area contributed by atoms with E-state index in [1.165, 1.54) is 31.9 Å². The summed E-state index contributed by atoms with van der Waals surface area (Å²) in [7, 11) is 0. The van der Waals surface area contributed by atoms with E-state index in [4.69, 9.17) is 0 Å². The lowest BCUT2D eigenvalue weighted by Gasteiger charge is -2.58. The summed E-state index contributed by atoms with van der Waals surface area (Å²) in [5, 5.41) is 10.00. The van der Waals surface area contributed by atoms with Crippen molar-refractivity contribution in [3.63, 3.8) is 0 Å². The molecule has 2 aliphatic heterocycles. The van der Waals surface area contributed by atoms with Gasteiger partial charge in [-0.05, 0) is 48.6 Å². The van der Waals surface area contributed by atoms with Crippen LogP contribution in [0.3, 0.4) is 0 Å². The zero-order chi connectivity index (χ0) is 22.8. The number of carbonyl (C=O) groups is 2. The second kappa shape index (κ2) is 9.36. The van der Waals surface area contributed by atoms with Crippen molar-refractivity contribution in [2.75, 3.05) is 19.7 Å². The molecule has 2 amide bonds. The first kappa shape index (κ1) is 21.7. The molecule has 0 bridgehead atoms. The minimum absolute atomic E-state index is 0.0102. The van der Waals surface area contributed by atoms with E-state index in [2.05, 4.69) is 29.0 Å². The molecule has 170 valence electrons. The van der Waals surface area contributed by atoms with Gasteiger partial charge in [0.05, 0.1) is 24.3 Å². The van der Waals surface area contributed by atoms with Crippen LogP contribution < -0.4 is 0 Å². The maximum Gasteiger partial charge on any atom is 0.255 e. The van der Waals surface area contributed by atoms with Crippen LogP contribution in [0.25, 0.3) is 0 Å². The number of aliphatic hydroxyl groups is 1. The van der Waals surface area contributed by atoms with E-state index in [1.54, 1.807) is 28.1 Å². The molecule has 2 aromatic rings. The van der Waals surface area contributed by atoms with Crippen LogP contribution in [-0.4, -0.2) is 63.5 Å². The minimum Gasteiger partial charge on any atom is -0.394 e. The van der Waals surface area contributed by atoms with Crippen LogP contribution in [0.15, 0.2) is 48.8 Å². The van der Waals surface area contributed by atoms with E-state index in [-0.39, 0.29) is 43.0 Å². The molecule has 1 aromatic carbocycles. The van der Waals surface area contributed by atoms with E-state index >= 15 is 0 Å². The molecule has 5 rings (SSSR count). The van der Waals surface area contributed by atoms with Gasteiger partial charge in [0.2, 0.25) is 5.91 Å². The van der Waals surface area contributed by atoms with Gasteiger partial charge >= 0.3 is 0 Å². The first-order valence-electron chi connectivity index (χ1n) is 11.9.